The Morgan fingerprint density at radius 1 is 1.42 bits per heavy atom. The Labute approximate surface area is 120 Å². The summed E-state index contributed by atoms with van der Waals surface area (Å²) in [6, 6.07) is 5.89. The third kappa shape index (κ3) is 4.16. The summed E-state index contributed by atoms with van der Waals surface area (Å²) in [6.45, 7) is 1.96. The van der Waals surface area contributed by atoms with Crippen LogP contribution in [0.1, 0.15) is 23.8 Å². The van der Waals surface area contributed by atoms with E-state index in [4.69, 9.17) is 0 Å². The third-order valence-electron chi connectivity index (χ3n) is 2.95. The molecule has 0 aromatic carbocycles. The predicted molar refractivity (Wildman–Crippen MR) is 79.5 cm³/mol. The van der Waals surface area contributed by atoms with Crippen molar-refractivity contribution in [2.75, 3.05) is 6.54 Å². The molecule has 0 aliphatic rings. The van der Waals surface area contributed by atoms with Crippen LogP contribution in [0.25, 0.3) is 0 Å². The van der Waals surface area contributed by atoms with Crippen LogP contribution in [0, 0.1) is 0 Å². The molecule has 0 saturated carbocycles. The number of carbonyl (C=O) groups excluding carboxylic acids is 1. The maximum absolute atomic E-state index is 11.7. The number of amides is 1. The molecule has 0 fully saturated rings. The first-order chi connectivity index (χ1) is 9.08. The van der Waals surface area contributed by atoms with Gasteiger partial charge in [0.25, 0.3) is 0 Å². The van der Waals surface area contributed by atoms with Crippen LogP contribution in [0.2, 0.25) is 0 Å². The van der Waals surface area contributed by atoms with Gasteiger partial charge in [-0.2, -0.15) is 11.3 Å². The van der Waals surface area contributed by atoms with E-state index in [1.54, 1.807) is 18.3 Å². The number of nitrogens with one attached hydrogen (secondary N) is 1. The molecule has 0 spiro atoms. The van der Waals surface area contributed by atoms with Gasteiger partial charge in [-0.15, -0.1) is 11.3 Å². The molecule has 0 bridgehead atoms. The minimum Gasteiger partial charge on any atom is -0.384 e. The lowest BCUT2D eigenvalue weighted by Gasteiger charge is -2.22. The van der Waals surface area contributed by atoms with Gasteiger partial charge in [-0.25, -0.2) is 0 Å². The van der Waals surface area contributed by atoms with Crippen molar-refractivity contribution in [1.82, 2.24) is 5.32 Å². The highest BCUT2D eigenvalue weighted by Crippen LogP contribution is 2.22. The van der Waals surface area contributed by atoms with Crippen LogP contribution in [-0.4, -0.2) is 17.6 Å². The Hall–Kier alpha value is -1.17. The average Bonchev–Trinajstić information content (AvgIpc) is 3.06. The number of aliphatic hydroxyl groups is 1. The molecule has 0 aliphatic heterocycles. The Balaban J connectivity index is 1.77. The monoisotopic (exact) mass is 295 g/mol. The van der Waals surface area contributed by atoms with Crippen LogP contribution in [0.3, 0.4) is 0 Å². The molecule has 19 heavy (non-hydrogen) atoms. The highest BCUT2D eigenvalue weighted by molar-refractivity contribution is 7.09. The smallest absolute Gasteiger partial charge is 0.220 e. The summed E-state index contributed by atoms with van der Waals surface area (Å²) in [4.78, 5) is 12.9. The first-order valence-corrected chi connectivity index (χ1v) is 7.94. The number of carbonyl (C=O) groups is 1. The van der Waals surface area contributed by atoms with Crippen LogP contribution in [0.5, 0.6) is 0 Å². The maximum Gasteiger partial charge on any atom is 0.220 e. The summed E-state index contributed by atoms with van der Waals surface area (Å²) in [5, 5.41) is 18.9. The number of hydrogen-bond acceptors (Lipinski definition) is 4. The van der Waals surface area contributed by atoms with E-state index in [9.17, 15) is 9.90 Å². The molecule has 1 atom stereocenters. The quantitative estimate of drug-likeness (QED) is 0.861. The number of aryl methyl sites for hydroxylation is 1. The van der Waals surface area contributed by atoms with Crippen LogP contribution in [-0.2, 0) is 16.8 Å². The van der Waals surface area contributed by atoms with Gasteiger partial charge < -0.3 is 10.4 Å². The van der Waals surface area contributed by atoms with Gasteiger partial charge in [0.1, 0.15) is 5.60 Å². The fourth-order valence-electron chi connectivity index (χ4n) is 1.72. The van der Waals surface area contributed by atoms with E-state index in [1.807, 2.05) is 34.3 Å². The molecule has 102 valence electrons. The minimum atomic E-state index is -1.00. The molecule has 2 rings (SSSR count). The highest BCUT2D eigenvalue weighted by atomic mass is 32.1. The molecule has 0 saturated heterocycles. The molecule has 3 nitrogen and oxygen atoms in total. The zero-order chi connectivity index (χ0) is 13.7. The Bertz CT molecular complexity index is 504. The van der Waals surface area contributed by atoms with Crippen molar-refractivity contribution in [2.45, 2.75) is 25.4 Å². The minimum absolute atomic E-state index is 0.0242. The van der Waals surface area contributed by atoms with Crippen molar-refractivity contribution in [1.29, 1.82) is 0 Å². The van der Waals surface area contributed by atoms with Gasteiger partial charge in [0, 0.05) is 11.3 Å². The largest absolute Gasteiger partial charge is 0.384 e. The second-order valence-electron chi connectivity index (χ2n) is 4.64. The molecule has 2 N–H and O–H groups in total. The third-order valence-corrected chi connectivity index (χ3v) is 4.57. The molecule has 1 amide bonds. The molecule has 2 aromatic rings. The zero-order valence-electron chi connectivity index (χ0n) is 10.8. The van der Waals surface area contributed by atoms with E-state index >= 15 is 0 Å². The summed E-state index contributed by atoms with van der Waals surface area (Å²) < 4.78 is 0. The van der Waals surface area contributed by atoms with Gasteiger partial charge in [0.15, 0.2) is 0 Å². The first kappa shape index (κ1) is 14.2. The summed E-state index contributed by atoms with van der Waals surface area (Å²) in [5.41, 5.74) is -0.158. The number of rotatable bonds is 6. The van der Waals surface area contributed by atoms with Crippen LogP contribution >= 0.6 is 22.7 Å². The van der Waals surface area contributed by atoms with Gasteiger partial charge in [0.2, 0.25) is 5.91 Å². The predicted octanol–water partition coefficient (Wildman–Crippen LogP) is 2.77. The van der Waals surface area contributed by atoms with Crippen LogP contribution in [0.15, 0.2) is 34.3 Å². The Kier molecular flexibility index (Phi) is 4.74. The van der Waals surface area contributed by atoms with Gasteiger partial charge >= 0.3 is 0 Å². The maximum atomic E-state index is 11.7. The number of hydrogen-bond donors (Lipinski definition) is 2. The van der Waals surface area contributed by atoms with Crippen molar-refractivity contribution in [3.05, 3.63) is 44.8 Å². The fourth-order valence-corrected chi connectivity index (χ4v) is 3.22. The fraction of sp³-hybridized carbons (Fsp3) is 0.357. The van der Waals surface area contributed by atoms with Crippen molar-refractivity contribution in [3.63, 3.8) is 0 Å². The van der Waals surface area contributed by atoms with Crippen molar-refractivity contribution < 1.29 is 9.90 Å². The first-order valence-electron chi connectivity index (χ1n) is 6.12. The number of thiophene rings is 2. The molecule has 2 heterocycles. The second-order valence-corrected chi connectivity index (χ2v) is 6.45. The summed E-state index contributed by atoms with van der Waals surface area (Å²) >= 11 is 3.20. The van der Waals surface area contributed by atoms with Crippen molar-refractivity contribution >= 4 is 28.6 Å². The van der Waals surface area contributed by atoms with E-state index in [0.29, 0.717) is 6.42 Å². The summed E-state index contributed by atoms with van der Waals surface area (Å²) in [7, 11) is 0. The molecule has 0 radical (unpaired) electrons. The topological polar surface area (TPSA) is 49.3 Å². The standard InChI is InChI=1S/C14H17NO2S2/c1-14(17,11-6-8-18-9-11)10-15-13(16)5-4-12-3-2-7-19-12/h2-3,6-9,17H,4-5,10H2,1H3,(H,15,16). The average molecular weight is 295 g/mol. The molecular weight excluding hydrogens is 278 g/mol. The van der Waals surface area contributed by atoms with Gasteiger partial charge in [-0.05, 0) is 47.2 Å². The molecule has 1 unspecified atom stereocenters. The molecule has 2 aromatic heterocycles. The van der Waals surface area contributed by atoms with Gasteiger partial charge in [0.05, 0.1) is 6.54 Å². The molecule has 0 aliphatic carbocycles. The second kappa shape index (κ2) is 6.32. The molecular formula is C14H17NO2S2. The van der Waals surface area contributed by atoms with E-state index in [-0.39, 0.29) is 12.5 Å². The van der Waals surface area contributed by atoms with Crippen LogP contribution < -0.4 is 5.32 Å². The zero-order valence-corrected chi connectivity index (χ0v) is 12.4. The van der Waals surface area contributed by atoms with E-state index in [2.05, 4.69) is 5.32 Å². The van der Waals surface area contributed by atoms with E-state index in [0.717, 1.165) is 12.0 Å². The van der Waals surface area contributed by atoms with Gasteiger partial charge in [-0.1, -0.05) is 6.07 Å². The Morgan fingerprint density at radius 2 is 2.26 bits per heavy atom. The summed E-state index contributed by atoms with van der Waals surface area (Å²) in [6.07, 6.45) is 1.21. The van der Waals surface area contributed by atoms with E-state index < -0.39 is 5.60 Å². The van der Waals surface area contributed by atoms with Gasteiger partial charge in [-0.3, -0.25) is 4.79 Å². The summed E-state index contributed by atoms with van der Waals surface area (Å²) in [5.74, 6) is -0.0242. The van der Waals surface area contributed by atoms with Crippen molar-refractivity contribution in [3.8, 4) is 0 Å². The molecule has 5 heteroatoms. The van der Waals surface area contributed by atoms with E-state index in [1.165, 1.54) is 16.2 Å². The SMILES string of the molecule is CC(O)(CNC(=O)CCc1cccs1)c1ccsc1. The normalized spacial score (nSPS) is 14.0. The highest BCUT2D eigenvalue weighted by Gasteiger charge is 2.23. The lowest BCUT2D eigenvalue weighted by molar-refractivity contribution is -0.122. The Morgan fingerprint density at radius 3 is 2.89 bits per heavy atom. The lowest BCUT2D eigenvalue weighted by atomic mass is 9.99. The lowest BCUT2D eigenvalue weighted by Crippen LogP contribution is -2.38. The van der Waals surface area contributed by atoms with Crippen LogP contribution in [0.4, 0.5) is 0 Å². The van der Waals surface area contributed by atoms with Crippen molar-refractivity contribution in [2.24, 2.45) is 0 Å².